The highest BCUT2D eigenvalue weighted by Crippen LogP contribution is 2.20. The lowest BCUT2D eigenvalue weighted by Gasteiger charge is -2.10. The van der Waals surface area contributed by atoms with Crippen molar-refractivity contribution in [2.75, 3.05) is 12.4 Å². The van der Waals surface area contributed by atoms with Gasteiger partial charge in [-0.1, -0.05) is 30.3 Å². The number of anilines is 1. The van der Waals surface area contributed by atoms with Crippen LogP contribution in [0.25, 0.3) is 11.4 Å². The Morgan fingerprint density at radius 3 is 2.87 bits per heavy atom. The van der Waals surface area contributed by atoms with Crippen molar-refractivity contribution in [1.29, 1.82) is 0 Å². The zero-order valence-electron chi connectivity index (χ0n) is 12.6. The van der Waals surface area contributed by atoms with Gasteiger partial charge in [0.05, 0.1) is 6.61 Å². The molecule has 6 nitrogen and oxygen atoms in total. The van der Waals surface area contributed by atoms with Crippen molar-refractivity contribution in [1.82, 2.24) is 15.2 Å². The maximum atomic E-state index is 12.5. The molecule has 0 atom stereocenters. The number of hydrogen-bond donors (Lipinski definition) is 2. The number of ether oxygens (including phenoxy) is 1. The second kappa shape index (κ2) is 6.85. The summed E-state index contributed by atoms with van der Waals surface area (Å²) in [4.78, 5) is 16.6. The molecule has 116 valence electrons. The minimum atomic E-state index is -0.174. The van der Waals surface area contributed by atoms with Crippen molar-refractivity contribution >= 4 is 11.6 Å². The predicted octanol–water partition coefficient (Wildman–Crippen LogP) is 2.87. The van der Waals surface area contributed by atoms with Crippen molar-refractivity contribution < 1.29 is 9.53 Å². The Morgan fingerprint density at radius 2 is 2.09 bits per heavy atom. The van der Waals surface area contributed by atoms with E-state index in [1.54, 1.807) is 13.2 Å². The Labute approximate surface area is 133 Å². The lowest BCUT2D eigenvalue weighted by Crippen LogP contribution is -2.14. The number of hydrogen-bond acceptors (Lipinski definition) is 4. The van der Waals surface area contributed by atoms with E-state index in [4.69, 9.17) is 4.74 Å². The number of methoxy groups -OCH3 is 1. The average molecular weight is 308 g/mol. The third-order valence-corrected chi connectivity index (χ3v) is 3.37. The summed E-state index contributed by atoms with van der Waals surface area (Å²) in [7, 11) is 1.61. The van der Waals surface area contributed by atoms with E-state index in [9.17, 15) is 4.79 Å². The molecule has 1 amide bonds. The van der Waals surface area contributed by atoms with Crippen molar-refractivity contribution in [3.8, 4) is 11.4 Å². The molecule has 2 aromatic carbocycles. The fourth-order valence-corrected chi connectivity index (χ4v) is 2.31. The number of aromatic amines is 1. The third kappa shape index (κ3) is 3.44. The zero-order valence-corrected chi connectivity index (χ0v) is 12.6. The fourth-order valence-electron chi connectivity index (χ4n) is 2.31. The van der Waals surface area contributed by atoms with E-state index < -0.39 is 0 Å². The Morgan fingerprint density at radius 1 is 1.22 bits per heavy atom. The number of aromatic nitrogens is 3. The van der Waals surface area contributed by atoms with Crippen LogP contribution in [-0.4, -0.2) is 28.2 Å². The highest BCUT2D eigenvalue weighted by atomic mass is 16.5. The summed E-state index contributed by atoms with van der Waals surface area (Å²) in [6.07, 6.45) is 1.45. The number of rotatable bonds is 5. The smallest absolute Gasteiger partial charge is 0.256 e. The first kappa shape index (κ1) is 14.9. The largest absolute Gasteiger partial charge is 0.380 e. The van der Waals surface area contributed by atoms with Gasteiger partial charge in [0.25, 0.3) is 5.91 Å². The van der Waals surface area contributed by atoms with Crippen LogP contribution in [-0.2, 0) is 11.3 Å². The molecule has 0 saturated heterocycles. The van der Waals surface area contributed by atoms with Crippen molar-refractivity contribution in [3.05, 3.63) is 66.0 Å². The second-order valence-corrected chi connectivity index (χ2v) is 4.96. The Hall–Kier alpha value is -2.99. The molecule has 0 radical (unpaired) electrons. The first-order valence-electron chi connectivity index (χ1n) is 7.12. The highest BCUT2D eigenvalue weighted by molar-refractivity contribution is 6.05. The van der Waals surface area contributed by atoms with Gasteiger partial charge in [-0.15, -0.1) is 0 Å². The van der Waals surface area contributed by atoms with Crippen molar-refractivity contribution in [2.45, 2.75) is 6.61 Å². The predicted molar refractivity (Wildman–Crippen MR) is 86.9 cm³/mol. The quantitative estimate of drug-likeness (QED) is 0.759. The molecule has 6 heteroatoms. The molecule has 3 rings (SSSR count). The molecule has 23 heavy (non-hydrogen) atoms. The zero-order chi connectivity index (χ0) is 16.1. The summed E-state index contributed by atoms with van der Waals surface area (Å²) in [5.41, 5.74) is 2.99. The molecule has 3 aromatic rings. The van der Waals surface area contributed by atoms with Gasteiger partial charge in [-0.2, -0.15) is 5.10 Å². The minimum Gasteiger partial charge on any atom is -0.380 e. The van der Waals surface area contributed by atoms with Crippen molar-refractivity contribution in [2.24, 2.45) is 0 Å². The monoisotopic (exact) mass is 308 g/mol. The second-order valence-electron chi connectivity index (χ2n) is 4.96. The molecule has 0 aliphatic carbocycles. The van der Waals surface area contributed by atoms with Crippen LogP contribution in [0.4, 0.5) is 5.69 Å². The molecule has 0 bridgehead atoms. The van der Waals surface area contributed by atoms with E-state index in [-0.39, 0.29) is 5.91 Å². The van der Waals surface area contributed by atoms with E-state index in [2.05, 4.69) is 20.5 Å². The standard InChI is InChI=1S/C17H16N4O2/c1-23-10-13-5-2-3-8-15(13)17(22)20-14-7-4-6-12(9-14)16-18-11-19-21-16/h2-9,11H,10H2,1H3,(H,20,22)(H,18,19,21). The molecule has 1 heterocycles. The Kier molecular flexibility index (Phi) is 4.44. The van der Waals surface area contributed by atoms with Gasteiger partial charge in [0, 0.05) is 23.9 Å². The molecule has 0 aliphatic rings. The van der Waals surface area contributed by atoms with E-state index >= 15 is 0 Å². The number of nitrogens with one attached hydrogen (secondary N) is 2. The highest BCUT2D eigenvalue weighted by Gasteiger charge is 2.11. The molecular formula is C17H16N4O2. The topological polar surface area (TPSA) is 79.9 Å². The van der Waals surface area contributed by atoms with Gasteiger partial charge in [0.15, 0.2) is 5.82 Å². The van der Waals surface area contributed by atoms with Crippen LogP contribution in [0.1, 0.15) is 15.9 Å². The number of H-pyrrole nitrogens is 1. The molecule has 1 aromatic heterocycles. The average Bonchev–Trinajstić information content (AvgIpc) is 3.10. The molecular weight excluding hydrogens is 292 g/mol. The van der Waals surface area contributed by atoms with E-state index in [1.807, 2.05) is 42.5 Å². The number of carbonyl (C=O) groups excluding carboxylic acids is 1. The van der Waals surface area contributed by atoms with Crippen LogP contribution >= 0.6 is 0 Å². The van der Waals surface area contributed by atoms with Gasteiger partial charge in [-0.05, 0) is 23.8 Å². The van der Waals surface area contributed by atoms with Crippen LogP contribution in [0.2, 0.25) is 0 Å². The Bertz CT molecular complexity index is 800. The summed E-state index contributed by atoms with van der Waals surface area (Å²) in [6, 6.07) is 14.8. The summed E-state index contributed by atoms with van der Waals surface area (Å²) in [6.45, 7) is 0.391. The van der Waals surface area contributed by atoms with Gasteiger partial charge in [0.2, 0.25) is 0 Å². The van der Waals surface area contributed by atoms with E-state index in [0.717, 1.165) is 11.1 Å². The summed E-state index contributed by atoms with van der Waals surface area (Å²) >= 11 is 0. The number of carbonyl (C=O) groups is 1. The van der Waals surface area contributed by atoms with Gasteiger partial charge in [-0.3, -0.25) is 9.89 Å². The minimum absolute atomic E-state index is 0.174. The molecule has 0 saturated carbocycles. The lowest BCUT2D eigenvalue weighted by atomic mass is 10.1. The number of nitrogens with zero attached hydrogens (tertiary/aromatic N) is 2. The van der Waals surface area contributed by atoms with Gasteiger partial charge in [-0.25, -0.2) is 4.98 Å². The van der Waals surface area contributed by atoms with E-state index in [0.29, 0.717) is 23.7 Å². The lowest BCUT2D eigenvalue weighted by molar-refractivity contribution is 0.102. The number of amides is 1. The molecule has 0 unspecified atom stereocenters. The first-order valence-corrected chi connectivity index (χ1v) is 7.12. The molecule has 2 N–H and O–H groups in total. The van der Waals surface area contributed by atoms with Gasteiger partial charge >= 0.3 is 0 Å². The first-order chi connectivity index (χ1) is 11.3. The van der Waals surface area contributed by atoms with Crippen LogP contribution in [0.15, 0.2) is 54.9 Å². The summed E-state index contributed by atoms with van der Waals surface area (Å²) in [5.74, 6) is 0.480. The number of benzene rings is 2. The molecule has 0 fully saturated rings. The maximum Gasteiger partial charge on any atom is 0.256 e. The Balaban J connectivity index is 1.82. The van der Waals surface area contributed by atoms with Crippen LogP contribution < -0.4 is 5.32 Å². The SMILES string of the molecule is COCc1ccccc1C(=O)Nc1cccc(-c2ncn[nH]2)c1. The van der Waals surface area contributed by atoms with Crippen LogP contribution in [0.5, 0.6) is 0 Å². The van der Waals surface area contributed by atoms with Gasteiger partial charge in [0.1, 0.15) is 6.33 Å². The van der Waals surface area contributed by atoms with Crippen LogP contribution in [0, 0.1) is 0 Å². The summed E-state index contributed by atoms with van der Waals surface area (Å²) < 4.78 is 5.14. The van der Waals surface area contributed by atoms with E-state index in [1.165, 1.54) is 6.33 Å². The fraction of sp³-hybridized carbons (Fsp3) is 0.118. The molecule has 0 spiro atoms. The summed E-state index contributed by atoms with van der Waals surface area (Å²) in [5, 5.41) is 9.54. The van der Waals surface area contributed by atoms with Crippen molar-refractivity contribution in [3.63, 3.8) is 0 Å². The van der Waals surface area contributed by atoms with Crippen LogP contribution in [0.3, 0.4) is 0 Å². The third-order valence-electron chi connectivity index (χ3n) is 3.37. The van der Waals surface area contributed by atoms with Gasteiger partial charge < -0.3 is 10.1 Å². The normalized spacial score (nSPS) is 10.5. The molecule has 0 aliphatic heterocycles. The maximum absolute atomic E-state index is 12.5.